The van der Waals surface area contributed by atoms with Crippen molar-refractivity contribution in [2.45, 2.75) is 30.9 Å². The highest BCUT2D eigenvalue weighted by atomic mass is 32.2. The van der Waals surface area contributed by atoms with Gasteiger partial charge in [-0.3, -0.25) is 0 Å². The minimum absolute atomic E-state index is 0.200. The molecule has 2 aromatic rings. The summed E-state index contributed by atoms with van der Waals surface area (Å²) in [6.07, 6.45) is 1.04. The van der Waals surface area contributed by atoms with E-state index in [4.69, 9.17) is 0 Å². The number of hydrogen-bond donors (Lipinski definition) is 1. The lowest BCUT2D eigenvalue weighted by Gasteiger charge is -2.08. The zero-order chi connectivity index (χ0) is 14.4. The lowest BCUT2D eigenvalue weighted by atomic mass is 10.3. The van der Waals surface area contributed by atoms with Gasteiger partial charge < -0.3 is 5.32 Å². The molecule has 0 aliphatic heterocycles. The molecular weight excluding hydrogens is 273 g/mol. The summed E-state index contributed by atoms with van der Waals surface area (Å²) >= 11 is 1.41. The Morgan fingerprint density at radius 3 is 2.80 bits per heavy atom. The summed E-state index contributed by atoms with van der Waals surface area (Å²) in [5.41, 5.74) is 0.919. The van der Waals surface area contributed by atoms with Crippen LogP contribution < -0.4 is 5.32 Å². The number of aryl methyl sites for hydroxylation is 1. The highest BCUT2D eigenvalue weighted by Gasteiger charge is 2.06. The number of anilines is 1. The zero-order valence-corrected chi connectivity index (χ0v) is 12.5. The average Bonchev–Trinajstić information content (AvgIpc) is 2.44. The summed E-state index contributed by atoms with van der Waals surface area (Å²) in [4.78, 5) is 9.47. The molecule has 3 nitrogen and oxygen atoms in total. The van der Waals surface area contributed by atoms with Crippen LogP contribution in [0.3, 0.4) is 0 Å². The molecule has 0 bridgehead atoms. The summed E-state index contributed by atoms with van der Waals surface area (Å²) in [7, 11) is 0. The Hall–Kier alpha value is -1.62. The number of aromatic nitrogens is 2. The van der Waals surface area contributed by atoms with Crippen molar-refractivity contribution in [3.05, 3.63) is 47.7 Å². The predicted molar refractivity (Wildman–Crippen MR) is 81.5 cm³/mol. The molecule has 0 aliphatic carbocycles. The van der Waals surface area contributed by atoms with Crippen molar-refractivity contribution >= 4 is 17.6 Å². The van der Waals surface area contributed by atoms with Crippen LogP contribution in [0.1, 0.15) is 24.9 Å². The van der Waals surface area contributed by atoms with E-state index in [0.717, 1.165) is 30.3 Å². The number of hydrogen-bond acceptors (Lipinski definition) is 4. The number of halogens is 1. The highest BCUT2D eigenvalue weighted by molar-refractivity contribution is 7.98. The van der Waals surface area contributed by atoms with Crippen LogP contribution in [-0.2, 0) is 5.75 Å². The maximum absolute atomic E-state index is 13.5. The monoisotopic (exact) mass is 291 g/mol. The second-order valence-electron chi connectivity index (χ2n) is 4.46. The van der Waals surface area contributed by atoms with Gasteiger partial charge in [-0.15, -0.1) is 11.8 Å². The molecule has 0 amide bonds. The molecule has 0 unspecified atom stereocenters. The number of nitrogens with one attached hydrogen (secondary N) is 1. The summed E-state index contributed by atoms with van der Waals surface area (Å²) in [6.45, 7) is 4.93. The normalized spacial score (nSPS) is 10.6. The lowest BCUT2D eigenvalue weighted by Crippen LogP contribution is -2.05. The van der Waals surface area contributed by atoms with Crippen molar-refractivity contribution in [3.63, 3.8) is 0 Å². The highest BCUT2D eigenvalue weighted by Crippen LogP contribution is 2.24. The SMILES string of the molecule is CCCNc1cc(C)nc(CSc2ccccc2F)n1. The first kappa shape index (κ1) is 14.8. The molecule has 1 aromatic heterocycles. The van der Waals surface area contributed by atoms with Gasteiger partial charge in [0, 0.05) is 23.2 Å². The van der Waals surface area contributed by atoms with Gasteiger partial charge in [0.1, 0.15) is 17.5 Å². The largest absolute Gasteiger partial charge is 0.370 e. The molecule has 0 aliphatic rings. The van der Waals surface area contributed by atoms with E-state index < -0.39 is 0 Å². The van der Waals surface area contributed by atoms with Gasteiger partial charge in [0.2, 0.25) is 0 Å². The van der Waals surface area contributed by atoms with Crippen LogP contribution in [0.25, 0.3) is 0 Å². The zero-order valence-electron chi connectivity index (χ0n) is 11.7. The Labute approximate surface area is 123 Å². The molecule has 0 saturated heterocycles. The number of nitrogens with zero attached hydrogens (tertiary/aromatic N) is 2. The van der Waals surface area contributed by atoms with Crippen LogP contribution >= 0.6 is 11.8 Å². The van der Waals surface area contributed by atoms with E-state index in [1.165, 1.54) is 17.8 Å². The van der Waals surface area contributed by atoms with Crippen LogP contribution in [0.2, 0.25) is 0 Å². The fraction of sp³-hybridized carbons (Fsp3) is 0.333. The smallest absolute Gasteiger partial charge is 0.141 e. The maximum atomic E-state index is 13.5. The maximum Gasteiger partial charge on any atom is 0.141 e. The molecule has 1 heterocycles. The summed E-state index contributed by atoms with van der Waals surface area (Å²) in [5, 5.41) is 3.25. The molecular formula is C15H18FN3S. The van der Waals surface area contributed by atoms with Gasteiger partial charge in [0.05, 0.1) is 5.75 Å². The van der Waals surface area contributed by atoms with E-state index >= 15 is 0 Å². The minimum Gasteiger partial charge on any atom is -0.370 e. The van der Waals surface area contributed by atoms with Gasteiger partial charge >= 0.3 is 0 Å². The third kappa shape index (κ3) is 4.20. The van der Waals surface area contributed by atoms with E-state index in [9.17, 15) is 4.39 Å². The Balaban J connectivity index is 2.05. The lowest BCUT2D eigenvalue weighted by molar-refractivity contribution is 0.602. The summed E-state index contributed by atoms with van der Waals surface area (Å²) in [6, 6.07) is 8.68. The third-order valence-corrected chi connectivity index (χ3v) is 3.69. The Morgan fingerprint density at radius 2 is 2.05 bits per heavy atom. The van der Waals surface area contributed by atoms with Gasteiger partial charge in [-0.05, 0) is 25.5 Å². The summed E-state index contributed by atoms with van der Waals surface area (Å²) in [5.74, 6) is 1.92. The van der Waals surface area contributed by atoms with Crippen LogP contribution in [-0.4, -0.2) is 16.5 Å². The van der Waals surface area contributed by atoms with Crippen LogP contribution in [0, 0.1) is 12.7 Å². The number of thioether (sulfide) groups is 1. The van der Waals surface area contributed by atoms with Crippen molar-refractivity contribution in [1.82, 2.24) is 9.97 Å². The fourth-order valence-corrected chi connectivity index (χ4v) is 2.54. The average molecular weight is 291 g/mol. The van der Waals surface area contributed by atoms with Crippen molar-refractivity contribution in [3.8, 4) is 0 Å². The van der Waals surface area contributed by atoms with Gasteiger partial charge in [-0.2, -0.15) is 0 Å². The van der Waals surface area contributed by atoms with Gasteiger partial charge in [0.25, 0.3) is 0 Å². The molecule has 106 valence electrons. The molecule has 1 N–H and O–H groups in total. The van der Waals surface area contributed by atoms with Crippen molar-refractivity contribution in [1.29, 1.82) is 0 Å². The van der Waals surface area contributed by atoms with Gasteiger partial charge in [-0.1, -0.05) is 19.1 Å². The second kappa shape index (κ2) is 7.24. The number of rotatable bonds is 6. The van der Waals surface area contributed by atoms with E-state index in [1.54, 1.807) is 12.1 Å². The topological polar surface area (TPSA) is 37.8 Å². The van der Waals surface area contributed by atoms with Crippen molar-refractivity contribution in [2.75, 3.05) is 11.9 Å². The van der Waals surface area contributed by atoms with Crippen LogP contribution in [0.5, 0.6) is 0 Å². The van der Waals surface area contributed by atoms with Crippen molar-refractivity contribution < 1.29 is 4.39 Å². The van der Waals surface area contributed by atoms with Gasteiger partial charge in [0.15, 0.2) is 0 Å². The second-order valence-corrected chi connectivity index (χ2v) is 5.47. The molecule has 0 spiro atoms. The first-order valence-corrected chi connectivity index (χ1v) is 7.63. The molecule has 0 fully saturated rings. The first-order valence-electron chi connectivity index (χ1n) is 6.65. The Kier molecular flexibility index (Phi) is 5.35. The molecule has 1 aromatic carbocycles. The standard InChI is InChI=1S/C15H18FN3S/c1-3-8-17-14-9-11(2)18-15(19-14)10-20-13-7-5-4-6-12(13)16/h4-7,9H,3,8,10H2,1-2H3,(H,17,18,19). The molecule has 0 atom stereocenters. The molecule has 0 saturated carbocycles. The first-order chi connectivity index (χ1) is 9.69. The molecule has 0 radical (unpaired) electrons. The van der Waals surface area contributed by atoms with E-state index in [1.807, 2.05) is 19.1 Å². The molecule has 20 heavy (non-hydrogen) atoms. The fourth-order valence-electron chi connectivity index (χ4n) is 1.74. The minimum atomic E-state index is -0.200. The third-order valence-electron chi connectivity index (χ3n) is 2.65. The van der Waals surface area contributed by atoms with E-state index in [-0.39, 0.29) is 5.82 Å². The number of benzene rings is 1. The van der Waals surface area contributed by atoms with Crippen LogP contribution in [0.15, 0.2) is 35.2 Å². The quantitative estimate of drug-likeness (QED) is 0.815. The Bertz CT molecular complexity index is 575. The molecule has 5 heteroatoms. The van der Waals surface area contributed by atoms with Gasteiger partial charge in [-0.25, -0.2) is 14.4 Å². The van der Waals surface area contributed by atoms with Crippen molar-refractivity contribution in [2.24, 2.45) is 0 Å². The molecule has 2 rings (SSSR count). The van der Waals surface area contributed by atoms with Crippen LogP contribution in [0.4, 0.5) is 10.2 Å². The Morgan fingerprint density at radius 1 is 1.25 bits per heavy atom. The summed E-state index contributed by atoms with van der Waals surface area (Å²) < 4.78 is 13.5. The van der Waals surface area contributed by atoms with E-state index in [2.05, 4.69) is 22.2 Å². The van der Waals surface area contributed by atoms with E-state index in [0.29, 0.717) is 10.6 Å². The predicted octanol–water partition coefficient (Wildman–Crippen LogP) is 4.04.